The first-order chi connectivity index (χ1) is 8.41. The minimum Gasteiger partial charge on any atom is -0.489 e. The van der Waals surface area contributed by atoms with E-state index in [4.69, 9.17) is 4.74 Å². The van der Waals surface area contributed by atoms with Crippen LogP contribution in [0, 0.1) is 5.92 Å². The van der Waals surface area contributed by atoms with Gasteiger partial charge in [0.25, 0.3) is 0 Å². The van der Waals surface area contributed by atoms with Crippen LogP contribution < -0.4 is 4.74 Å². The molecule has 1 unspecified atom stereocenters. The van der Waals surface area contributed by atoms with Gasteiger partial charge < -0.3 is 9.84 Å². The third-order valence-electron chi connectivity index (χ3n) is 2.50. The van der Waals surface area contributed by atoms with E-state index in [0.29, 0.717) is 23.8 Å². The summed E-state index contributed by atoms with van der Waals surface area (Å²) in [5.41, 5.74) is 0.521. The Hall–Kier alpha value is -1.58. The van der Waals surface area contributed by atoms with Crippen LogP contribution in [0.3, 0.4) is 0 Å². The average molecular weight is 251 g/mol. The molecule has 0 saturated carbocycles. The van der Waals surface area contributed by atoms with Crippen molar-refractivity contribution < 1.29 is 14.6 Å². The molecule has 100 valence electrons. The van der Waals surface area contributed by atoms with Crippen LogP contribution in [0.25, 0.3) is 0 Å². The monoisotopic (exact) mass is 251 g/mol. The molecule has 1 aromatic rings. The predicted octanol–water partition coefficient (Wildman–Crippen LogP) is 3.08. The van der Waals surface area contributed by atoms with Crippen molar-refractivity contribution in [2.24, 2.45) is 5.92 Å². The van der Waals surface area contributed by atoms with E-state index in [0.717, 1.165) is 0 Å². The topological polar surface area (TPSA) is 59.4 Å². The van der Waals surface area contributed by atoms with E-state index < -0.39 is 11.9 Å². The zero-order valence-electron chi connectivity index (χ0n) is 11.4. The minimum atomic E-state index is -0.851. The van der Waals surface area contributed by atoms with Crippen molar-refractivity contribution in [1.29, 1.82) is 0 Å². The Balaban J connectivity index is 3.07. The summed E-state index contributed by atoms with van der Waals surface area (Å²) >= 11 is 0. The lowest BCUT2D eigenvalue weighted by Gasteiger charge is -2.19. The van der Waals surface area contributed by atoms with Crippen LogP contribution in [-0.2, 0) is 4.79 Å². The second-order valence-corrected chi connectivity index (χ2v) is 5.07. The molecule has 1 N–H and O–H groups in total. The fourth-order valence-electron chi connectivity index (χ4n) is 1.82. The summed E-state index contributed by atoms with van der Waals surface area (Å²) in [7, 11) is 0. The van der Waals surface area contributed by atoms with Gasteiger partial charge in [-0.1, -0.05) is 13.8 Å². The van der Waals surface area contributed by atoms with Gasteiger partial charge in [-0.05, 0) is 38.3 Å². The molecule has 4 nitrogen and oxygen atoms in total. The highest BCUT2D eigenvalue weighted by Crippen LogP contribution is 2.30. The number of aliphatic carboxylic acids is 1. The van der Waals surface area contributed by atoms with E-state index in [1.54, 1.807) is 18.3 Å². The van der Waals surface area contributed by atoms with Gasteiger partial charge in [-0.2, -0.15) is 0 Å². The summed E-state index contributed by atoms with van der Waals surface area (Å²) in [5, 5.41) is 9.34. The Labute approximate surface area is 108 Å². The molecule has 0 spiro atoms. The van der Waals surface area contributed by atoms with Crippen molar-refractivity contribution >= 4 is 5.97 Å². The maximum absolute atomic E-state index is 11.4. The van der Waals surface area contributed by atoms with Gasteiger partial charge in [-0.25, -0.2) is 0 Å². The average Bonchev–Trinajstić information content (AvgIpc) is 2.25. The predicted molar refractivity (Wildman–Crippen MR) is 69.8 cm³/mol. The largest absolute Gasteiger partial charge is 0.489 e. The second kappa shape index (κ2) is 6.38. The first kappa shape index (κ1) is 14.5. The van der Waals surface area contributed by atoms with Gasteiger partial charge in [0, 0.05) is 6.20 Å². The molecule has 4 heteroatoms. The molecule has 0 saturated heterocycles. The summed E-state index contributed by atoms with van der Waals surface area (Å²) in [5.74, 6) is -0.600. The van der Waals surface area contributed by atoms with Crippen LogP contribution in [-0.4, -0.2) is 22.2 Å². The maximum atomic E-state index is 11.4. The first-order valence-corrected chi connectivity index (χ1v) is 6.26. The van der Waals surface area contributed by atoms with Gasteiger partial charge in [0.2, 0.25) is 0 Å². The molecule has 0 aliphatic carbocycles. The van der Waals surface area contributed by atoms with Crippen LogP contribution in [0.5, 0.6) is 5.75 Å². The lowest BCUT2D eigenvalue weighted by Crippen LogP contribution is -2.18. The van der Waals surface area contributed by atoms with Gasteiger partial charge in [0.05, 0.1) is 11.8 Å². The van der Waals surface area contributed by atoms with Crippen LogP contribution in [0.2, 0.25) is 0 Å². The highest BCUT2D eigenvalue weighted by Gasteiger charge is 2.26. The highest BCUT2D eigenvalue weighted by molar-refractivity contribution is 5.76. The molecule has 0 radical (unpaired) electrons. The Morgan fingerprint density at radius 3 is 2.56 bits per heavy atom. The Morgan fingerprint density at radius 2 is 2.06 bits per heavy atom. The minimum absolute atomic E-state index is 0.00134. The number of pyridine rings is 1. The van der Waals surface area contributed by atoms with E-state index in [-0.39, 0.29) is 6.10 Å². The van der Waals surface area contributed by atoms with Gasteiger partial charge in [0.1, 0.15) is 11.7 Å². The lowest BCUT2D eigenvalue weighted by atomic mass is 9.93. The number of carboxylic acid groups (broad SMARTS) is 1. The number of nitrogens with zero attached hydrogens (tertiary/aromatic N) is 1. The van der Waals surface area contributed by atoms with Crippen LogP contribution in [0.4, 0.5) is 0 Å². The number of hydrogen-bond acceptors (Lipinski definition) is 3. The van der Waals surface area contributed by atoms with Crippen molar-refractivity contribution in [3.63, 3.8) is 0 Å². The molecule has 0 amide bonds. The zero-order valence-corrected chi connectivity index (χ0v) is 11.4. The quantitative estimate of drug-likeness (QED) is 0.844. The summed E-state index contributed by atoms with van der Waals surface area (Å²) in [4.78, 5) is 15.6. The summed E-state index contributed by atoms with van der Waals surface area (Å²) in [6, 6.07) is 3.54. The van der Waals surface area contributed by atoms with Crippen LogP contribution in [0.1, 0.15) is 45.7 Å². The molecule has 1 atom stereocenters. The molecule has 0 bridgehead atoms. The molecule has 1 heterocycles. The molecule has 18 heavy (non-hydrogen) atoms. The molecule has 0 fully saturated rings. The van der Waals surface area contributed by atoms with Gasteiger partial charge >= 0.3 is 5.97 Å². The molecular formula is C14H21NO3. The molecule has 1 rings (SSSR count). The van der Waals surface area contributed by atoms with E-state index in [9.17, 15) is 9.90 Å². The van der Waals surface area contributed by atoms with Crippen LogP contribution >= 0.6 is 0 Å². The van der Waals surface area contributed by atoms with E-state index >= 15 is 0 Å². The number of ether oxygens (including phenoxy) is 1. The summed E-state index contributed by atoms with van der Waals surface area (Å²) in [6.45, 7) is 7.83. The third kappa shape index (κ3) is 4.02. The SMILES string of the molecule is CC(C)CC(C(=O)O)c1ncccc1OC(C)C. The maximum Gasteiger partial charge on any atom is 0.312 e. The number of carbonyl (C=O) groups is 1. The number of carboxylic acids is 1. The number of aromatic nitrogens is 1. The fraction of sp³-hybridized carbons (Fsp3) is 0.571. The van der Waals surface area contributed by atoms with Crippen molar-refractivity contribution in [2.45, 2.75) is 46.1 Å². The standard InChI is InChI=1S/C14H21NO3/c1-9(2)8-11(14(16)17)13-12(18-10(3)4)6-5-7-15-13/h5-7,9-11H,8H2,1-4H3,(H,16,17). The van der Waals surface area contributed by atoms with Crippen molar-refractivity contribution in [3.8, 4) is 5.75 Å². The van der Waals surface area contributed by atoms with Crippen molar-refractivity contribution in [2.75, 3.05) is 0 Å². The first-order valence-electron chi connectivity index (χ1n) is 6.26. The Morgan fingerprint density at radius 1 is 1.39 bits per heavy atom. The highest BCUT2D eigenvalue weighted by atomic mass is 16.5. The second-order valence-electron chi connectivity index (χ2n) is 5.07. The lowest BCUT2D eigenvalue weighted by molar-refractivity contribution is -0.139. The molecule has 0 aliphatic heterocycles. The van der Waals surface area contributed by atoms with E-state index in [1.165, 1.54) is 0 Å². The van der Waals surface area contributed by atoms with Crippen LogP contribution in [0.15, 0.2) is 18.3 Å². The smallest absolute Gasteiger partial charge is 0.312 e. The Bertz CT molecular complexity index is 402. The normalized spacial score (nSPS) is 12.8. The summed E-state index contributed by atoms with van der Waals surface area (Å²) < 4.78 is 5.63. The fourth-order valence-corrected chi connectivity index (χ4v) is 1.82. The third-order valence-corrected chi connectivity index (χ3v) is 2.50. The molecule has 0 aliphatic rings. The number of hydrogen-bond donors (Lipinski definition) is 1. The van der Waals surface area contributed by atoms with Crippen molar-refractivity contribution in [1.82, 2.24) is 4.98 Å². The van der Waals surface area contributed by atoms with Crippen molar-refractivity contribution in [3.05, 3.63) is 24.0 Å². The summed E-state index contributed by atoms with van der Waals surface area (Å²) in [6.07, 6.45) is 2.17. The molecule has 1 aromatic heterocycles. The van der Waals surface area contributed by atoms with E-state index in [1.807, 2.05) is 27.7 Å². The number of rotatable bonds is 6. The molecular weight excluding hydrogens is 230 g/mol. The van der Waals surface area contributed by atoms with Gasteiger partial charge in [0.15, 0.2) is 0 Å². The van der Waals surface area contributed by atoms with E-state index in [2.05, 4.69) is 4.98 Å². The van der Waals surface area contributed by atoms with Gasteiger partial charge in [-0.3, -0.25) is 9.78 Å². The Kier molecular flexibility index (Phi) is 5.13. The zero-order chi connectivity index (χ0) is 13.7. The van der Waals surface area contributed by atoms with Gasteiger partial charge in [-0.15, -0.1) is 0 Å². The molecule has 0 aromatic carbocycles.